The molecule has 3 N–H and O–H groups in total. The molecule has 0 fully saturated rings. The summed E-state index contributed by atoms with van der Waals surface area (Å²) < 4.78 is 18.5. The molecule has 0 aliphatic carbocycles. The summed E-state index contributed by atoms with van der Waals surface area (Å²) in [5, 5.41) is 2.93. The van der Waals surface area contributed by atoms with Crippen molar-refractivity contribution in [2.75, 3.05) is 12.4 Å². The second-order valence-corrected chi connectivity index (χ2v) is 5.13. The molecule has 0 spiro atoms. The number of methoxy groups -OCH3 is 1. The summed E-state index contributed by atoms with van der Waals surface area (Å²) in [7, 11) is 1.55. The lowest BCUT2D eigenvalue weighted by Crippen LogP contribution is -2.43. The zero-order valence-corrected chi connectivity index (χ0v) is 13.5. The van der Waals surface area contributed by atoms with Crippen molar-refractivity contribution in [2.24, 2.45) is 0 Å². The topological polar surface area (TPSA) is 62.4 Å². The first-order valence-corrected chi connectivity index (χ1v) is 7.18. The number of thiocarbonyl (C=S) groups is 1. The van der Waals surface area contributed by atoms with Crippen molar-refractivity contribution >= 4 is 28.9 Å². The van der Waals surface area contributed by atoms with E-state index in [1.807, 2.05) is 0 Å². The maximum absolute atomic E-state index is 13.4. The van der Waals surface area contributed by atoms with E-state index in [0.717, 1.165) is 0 Å². The highest BCUT2D eigenvalue weighted by atomic mass is 32.1. The fourth-order valence-corrected chi connectivity index (χ4v) is 1.93. The lowest BCUT2D eigenvalue weighted by Gasteiger charge is -2.12. The molecule has 7 heteroatoms. The highest BCUT2D eigenvalue weighted by molar-refractivity contribution is 7.80. The van der Waals surface area contributed by atoms with E-state index in [1.54, 1.807) is 50.4 Å². The van der Waals surface area contributed by atoms with Gasteiger partial charge in [-0.15, -0.1) is 0 Å². The molecule has 0 saturated carbocycles. The molecule has 2 aromatic carbocycles. The van der Waals surface area contributed by atoms with E-state index in [1.165, 1.54) is 6.07 Å². The van der Waals surface area contributed by atoms with E-state index in [-0.39, 0.29) is 16.8 Å². The Morgan fingerprint density at radius 2 is 1.83 bits per heavy atom. The third-order valence-corrected chi connectivity index (χ3v) is 3.28. The van der Waals surface area contributed by atoms with Crippen LogP contribution in [0, 0.1) is 12.7 Å². The van der Waals surface area contributed by atoms with Crippen LogP contribution in [0.5, 0.6) is 5.75 Å². The molecule has 0 unspecified atom stereocenters. The molecule has 0 radical (unpaired) electrons. The van der Waals surface area contributed by atoms with E-state index in [4.69, 9.17) is 17.0 Å². The number of rotatable bonds is 3. The SMILES string of the molecule is COc1ccc(C(=O)NNC(=S)Nc2ccc(C)c(F)c2)cc1. The van der Waals surface area contributed by atoms with Gasteiger partial charge in [0.2, 0.25) is 0 Å². The zero-order chi connectivity index (χ0) is 16.8. The maximum atomic E-state index is 13.4. The summed E-state index contributed by atoms with van der Waals surface area (Å²) >= 11 is 5.04. The van der Waals surface area contributed by atoms with E-state index < -0.39 is 0 Å². The lowest BCUT2D eigenvalue weighted by atomic mass is 10.2. The number of benzene rings is 2. The minimum absolute atomic E-state index is 0.148. The van der Waals surface area contributed by atoms with Crippen molar-refractivity contribution in [3.8, 4) is 5.75 Å². The van der Waals surface area contributed by atoms with Gasteiger partial charge in [-0.2, -0.15) is 0 Å². The fourth-order valence-electron chi connectivity index (χ4n) is 1.76. The van der Waals surface area contributed by atoms with Crippen LogP contribution in [0.3, 0.4) is 0 Å². The first-order valence-electron chi connectivity index (χ1n) is 6.77. The summed E-state index contributed by atoms with van der Waals surface area (Å²) in [4.78, 5) is 11.9. The van der Waals surface area contributed by atoms with Crippen LogP contribution in [-0.2, 0) is 0 Å². The fraction of sp³-hybridized carbons (Fsp3) is 0.125. The van der Waals surface area contributed by atoms with Crippen molar-refractivity contribution in [2.45, 2.75) is 6.92 Å². The standard InChI is InChI=1S/C16H16FN3O2S/c1-10-3-6-12(9-14(10)17)18-16(23)20-19-15(21)11-4-7-13(22-2)8-5-11/h3-9H,1-2H3,(H,19,21)(H2,18,20,23). The molecule has 2 aromatic rings. The molecule has 0 bridgehead atoms. The first kappa shape index (κ1) is 16.7. The number of carbonyl (C=O) groups excluding carboxylic acids is 1. The third-order valence-electron chi connectivity index (χ3n) is 3.07. The molecule has 23 heavy (non-hydrogen) atoms. The number of hydrogen-bond donors (Lipinski definition) is 3. The maximum Gasteiger partial charge on any atom is 0.269 e. The van der Waals surface area contributed by atoms with Gasteiger partial charge in [-0.25, -0.2) is 4.39 Å². The highest BCUT2D eigenvalue weighted by Crippen LogP contribution is 2.13. The molecular weight excluding hydrogens is 317 g/mol. The van der Waals surface area contributed by atoms with Gasteiger partial charge >= 0.3 is 0 Å². The van der Waals surface area contributed by atoms with E-state index in [2.05, 4.69) is 16.2 Å². The Bertz CT molecular complexity index is 720. The molecule has 120 valence electrons. The third kappa shape index (κ3) is 4.65. The van der Waals surface area contributed by atoms with Crippen LogP contribution in [0.25, 0.3) is 0 Å². The van der Waals surface area contributed by atoms with E-state index in [0.29, 0.717) is 22.6 Å². The van der Waals surface area contributed by atoms with Crippen molar-refractivity contribution in [1.82, 2.24) is 10.9 Å². The Morgan fingerprint density at radius 1 is 1.13 bits per heavy atom. The van der Waals surface area contributed by atoms with Crippen molar-refractivity contribution in [1.29, 1.82) is 0 Å². The second kappa shape index (κ2) is 7.55. The van der Waals surface area contributed by atoms with Gasteiger partial charge in [-0.05, 0) is 61.1 Å². The lowest BCUT2D eigenvalue weighted by molar-refractivity contribution is 0.0944. The Hall–Kier alpha value is -2.67. The highest BCUT2D eigenvalue weighted by Gasteiger charge is 2.06. The number of carbonyl (C=O) groups is 1. The minimum atomic E-state index is -0.355. The summed E-state index contributed by atoms with van der Waals surface area (Å²) in [6, 6.07) is 11.3. The Labute approximate surface area is 138 Å². The van der Waals surface area contributed by atoms with Crippen molar-refractivity contribution < 1.29 is 13.9 Å². The van der Waals surface area contributed by atoms with Crippen LogP contribution in [0.1, 0.15) is 15.9 Å². The molecule has 1 amide bonds. The second-order valence-electron chi connectivity index (χ2n) is 4.73. The Morgan fingerprint density at radius 3 is 2.43 bits per heavy atom. The van der Waals surface area contributed by atoms with Gasteiger partial charge in [-0.1, -0.05) is 6.07 Å². The predicted octanol–water partition coefficient (Wildman–Crippen LogP) is 2.77. The summed E-state index contributed by atoms with van der Waals surface area (Å²) in [6.07, 6.45) is 0. The van der Waals surface area contributed by atoms with Gasteiger partial charge < -0.3 is 10.1 Å². The molecule has 0 heterocycles. The number of ether oxygens (including phenoxy) is 1. The minimum Gasteiger partial charge on any atom is -0.497 e. The zero-order valence-electron chi connectivity index (χ0n) is 12.6. The largest absolute Gasteiger partial charge is 0.497 e. The molecular formula is C16H16FN3O2S. The molecule has 0 aromatic heterocycles. The van der Waals surface area contributed by atoms with E-state index >= 15 is 0 Å². The van der Waals surface area contributed by atoms with Crippen LogP contribution >= 0.6 is 12.2 Å². The molecule has 0 aliphatic heterocycles. The summed E-state index contributed by atoms with van der Waals surface area (Å²) in [5.74, 6) is -0.0277. The monoisotopic (exact) mass is 333 g/mol. The number of amides is 1. The van der Waals surface area contributed by atoms with Crippen LogP contribution in [-0.4, -0.2) is 18.1 Å². The quantitative estimate of drug-likeness (QED) is 0.595. The number of hydrogen-bond acceptors (Lipinski definition) is 3. The number of nitrogens with one attached hydrogen (secondary N) is 3. The van der Waals surface area contributed by atoms with Gasteiger partial charge in [0.25, 0.3) is 5.91 Å². The Balaban J connectivity index is 1.87. The van der Waals surface area contributed by atoms with Crippen LogP contribution in [0.2, 0.25) is 0 Å². The normalized spacial score (nSPS) is 9.87. The van der Waals surface area contributed by atoms with Gasteiger partial charge in [0.15, 0.2) is 5.11 Å². The van der Waals surface area contributed by atoms with Gasteiger partial charge in [-0.3, -0.25) is 15.6 Å². The van der Waals surface area contributed by atoms with Gasteiger partial charge in [0.05, 0.1) is 7.11 Å². The predicted molar refractivity (Wildman–Crippen MR) is 91.0 cm³/mol. The average molecular weight is 333 g/mol. The smallest absolute Gasteiger partial charge is 0.269 e. The van der Waals surface area contributed by atoms with E-state index in [9.17, 15) is 9.18 Å². The Kier molecular flexibility index (Phi) is 5.48. The van der Waals surface area contributed by atoms with Gasteiger partial charge in [0.1, 0.15) is 11.6 Å². The van der Waals surface area contributed by atoms with Crippen LogP contribution in [0.15, 0.2) is 42.5 Å². The average Bonchev–Trinajstić information content (AvgIpc) is 2.56. The number of aryl methyl sites for hydroxylation is 1. The molecule has 0 saturated heterocycles. The van der Waals surface area contributed by atoms with Gasteiger partial charge in [0, 0.05) is 11.3 Å². The van der Waals surface area contributed by atoms with Crippen LogP contribution < -0.4 is 20.9 Å². The molecule has 0 atom stereocenters. The van der Waals surface area contributed by atoms with Crippen molar-refractivity contribution in [3.63, 3.8) is 0 Å². The van der Waals surface area contributed by atoms with Crippen LogP contribution in [0.4, 0.5) is 10.1 Å². The molecule has 5 nitrogen and oxygen atoms in total. The number of halogens is 1. The molecule has 2 rings (SSSR count). The van der Waals surface area contributed by atoms with Crippen molar-refractivity contribution in [3.05, 3.63) is 59.4 Å². The number of anilines is 1. The number of hydrazine groups is 1. The summed E-state index contributed by atoms with van der Waals surface area (Å²) in [6.45, 7) is 1.67. The first-order chi connectivity index (χ1) is 11.0. The summed E-state index contributed by atoms with van der Waals surface area (Å²) in [5.41, 5.74) is 6.49. The molecule has 0 aliphatic rings.